The minimum absolute atomic E-state index is 0.138. The highest BCUT2D eigenvalue weighted by Crippen LogP contribution is 2.14. The predicted molar refractivity (Wildman–Crippen MR) is 89.2 cm³/mol. The summed E-state index contributed by atoms with van der Waals surface area (Å²) in [6.07, 6.45) is 1.98. The Morgan fingerprint density at radius 3 is 2.71 bits per heavy atom. The summed E-state index contributed by atoms with van der Waals surface area (Å²) in [7, 11) is 0. The van der Waals surface area contributed by atoms with Crippen LogP contribution in [0.15, 0.2) is 24.3 Å². The summed E-state index contributed by atoms with van der Waals surface area (Å²) < 4.78 is 1.57. The van der Waals surface area contributed by atoms with Crippen molar-refractivity contribution in [2.45, 2.75) is 46.1 Å². The van der Waals surface area contributed by atoms with Crippen LogP contribution in [0.4, 0.5) is 0 Å². The zero-order chi connectivity index (χ0) is 17.7. The van der Waals surface area contributed by atoms with Gasteiger partial charge >= 0.3 is 5.97 Å². The molecule has 0 aliphatic heterocycles. The number of hydrogen-bond acceptors (Lipinski definition) is 4. The Morgan fingerprint density at radius 2 is 2.08 bits per heavy atom. The molecule has 1 aromatic heterocycles. The highest BCUT2D eigenvalue weighted by Gasteiger charge is 2.24. The van der Waals surface area contributed by atoms with E-state index >= 15 is 0 Å². The average molecular weight is 330 g/mol. The van der Waals surface area contributed by atoms with Crippen molar-refractivity contribution in [3.05, 3.63) is 41.2 Å². The molecule has 0 saturated carbocycles. The third kappa shape index (κ3) is 3.98. The lowest BCUT2D eigenvalue weighted by Gasteiger charge is -2.13. The molecule has 1 heterocycles. The minimum atomic E-state index is -1.04. The Kier molecular flexibility index (Phi) is 5.68. The van der Waals surface area contributed by atoms with Crippen LogP contribution < -0.4 is 5.32 Å². The highest BCUT2D eigenvalue weighted by molar-refractivity contribution is 5.95. The second-order valence-corrected chi connectivity index (χ2v) is 5.78. The van der Waals surface area contributed by atoms with Crippen LogP contribution in [0.2, 0.25) is 0 Å². The third-order valence-corrected chi connectivity index (χ3v) is 3.81. The van der Waals surface area contributed by atoms with Crippen molar-refractivity contribution in [3.63, 3.8) is 0 Å². The molecule has 2 rings (SSSR count). The van der Waals surface area contributed by atoms with Gasteiger partial charge in [-0.2, -0.15) is 0 Å². The standard InChI is InChI=1S/C17H22N4O3/c1-4-5-9-14(17(23)24)18-16(22)15-12(3)21(20-19-15)13-8-6-7-11(2)10-13/h6-8,10,14H,4-5,9H2,1-3H3,(H,18,22)(H,23,24)/t14-/m0/s1. The summed E-state index contributed by atoms with van der Waals surface area (Å²) in [6, 6.07) is 6.76. The van der Waals surface area contributed by atoms with Gasteiger partial charge in [-0.15, -0.1) is 5.10 Å². The van der Waals surface area contributed by atoms with Gasteiger partial charge in [-0.25, -0.2) is 9.48 Å². The molecule has 0 radical (unpaired) electrons. The Morgan fingerprint density at radius 1 is 1.33 bits per heavy atom. The van der Waals surface area contributed by atoms with Crippen LogP contribution in [0, 0.1) is 13.8 Å². The molecule has 128 valence electrons. The maximum atomic E-state index is 12.4. The first-order valence-corrected chi connectivity index (χ1v) is 7.97. The van der Waals surface area contributed by atoms with E-state index < -0.39 is 17.9 Å². The molecule has 0 saturated heterocycles. The van der Waals surface area contributed by atoms with Gasteiger partial charge in [0.1, 0.15) is 6.04 Å². The van der Waals surface area contributed by atoms with E-state index in [1.165, 1.54) is 0 Å². The van der Waals surface area contributed by atoms with Crippen LogP contribution in [0.25, 0.3) is 5.69 Å². The largest absolute Gasteiger partial charge is 0.480 e. The fraction of sp³-hybridized carbons (Fsp3) is 0.412. The van der Waals surface area contributed by atoms with Crippen molar-refractivity contribution < 1.29 is 14.7 Å². The Labute approximate surface area is 140 Å². The number of carbonyl (C=O) groups excluding carboxylic acids is 1. The van der Waals surface area contributed by atoms with E-state index in [2.05, 4.69) is 15.6 Å². The summed E-state index contributed by atoms with van der Waals surface area (Å²) in [6.45, 7) is 5.67. The molecule has 0 aliphatic carbocycles. The number of benzene rings is 1. The van der Waals surface area contributed by atoms with Crippen molar-refractivity contribution in [3.8, 4) is 5.69 Å². The fourth-order valence-electron chi connectivity index (χ4n) is 2.44. The van der Waals surface area contributed by atoms with Crippen LogP contribution >= 0.6 is 0 Å². The smallest absolute Gasteiger partial charge is 0.326 e. The van der Waals surface area contributed by atoms with Gasteiger partial charge in [-0.3, -0.25) is 4.79 Å². The number of hydrogen-bond donors (Lipinski definition) is 2. The molecule has 0 aliphatic rings. The van der Waals surface area contributed by atoms with E-state index in [1.807, 2.05) is 38.1 Å². The van der Waals surface area contributed by atoms with Crippen molar-refractivity contribution >= 4 is 11.9 Å². The Balaban J connectivity index is 2.20. The van der Waals surface area contributed by atoms with E-state index in [0.717, 1.165) is 24.1 Å². The van der Waals surface area contributed by atoms with Crippen LogP contribution in [-0.4, -0.2) is 38.0 Å². The topological polar surface area (TPSA) is 97.1 Å². The zero-order valence-electron chi connectivity index (χ0n) is 14.1. The monoisotopic (exact) mass is 330 g/mol. The van der Waals surface area contributed by atoms with Gasteiger partial charge in [0.15, 0.2) is 5.69 Å². The molecule has 1 aromatic carbocycles. The van der Waals surface area contributed by atoms with Crippen molar-refractivity contribution in [2.75, 3.05) is 0 Å². The van der Waals surface area contributed by atoms with Gasteiger partial charge in [-0.1, -0.05) is 37.1 Å². The molecule has 1 amide bonds. The van der Waals surface area contributed by atoms with Gasteiger partial charge in [0, 0.05) is 0 Å². The van der Waals surface area contributed by atoms with Crippen molar-refractivity contribution in [2.24, 2.45) is 0 Å². The first-order chi connectivity index (χ1) is 11.4. The zero-order valence-corrected chi connectivity index (χ0v) is 14.1. The number of amides is 1. The molecule has 2 aromatic rings. The average Bonchev–Trinajstić information content (AvgIpc) is 2.92. The van der Waals surface area contributed by atoms with Gasteiger partial charge in [-0.05, 0) is 38.0 Å². The second-order valence-electron chi connectivity index (χ2n) is 5.78. The molecule has 0 fully saturated rings. The Hall–Kier alpha value is -2.70. The number of carbonyl (C=O) groups is 2. The number of aliphatic carboxylic acids is 1. The van der Waals surface area contributed by atoms with Crippen LogP contribution in [0.3, 0.4) is 0 Å². The molecule has 2 N–H and O–H groups in total. The van der Waals surface area contributed by atoms with E-state index in [9.17, 15) is 14.7 Å². The van der Waals surface area contributed by atoms with Crippen molar-refractivity contribution in [1.82, 2.24) is 20.3 Å². The molecule has 0 bridgehead atoms. The third-order valence-electron chi connectivity index (χ3n) is 3.81. The maximum absolute atomic E-state index is 12.4. The van der Waals surface area contributed by atoms with Crippen LogP contribution in [0.5, 0.6) is 0 Å². The molecule has 0 unspecified atom stereocenters. The van der Waals surface area contributed by atoms with Crippen LogP contribution in [0.1, 0.15) is 47.9 Å². The highest BCUT2D eigenvalue weighted by atomic mass is 16.4. The molecule has 7 nitrogen and oxygen atoms in total. The summed E-state index contributed by atoms with van der Waals surface area (Å²) in [4.78, 5) is 23.6. The van der Waals surface area contributed by atoms with Gasteiger partial charge in [0.2, 0.25) is 0 Å². The number of nitrogens with zero attached hydrogens (tertiary/aromatic N) is 3. The number of carboxylic acid groups (broad SMARTS) is 1. The Bertz CT molecular complexity index is 739. The molecule has 0 spiro atoms. The summed E-state index contributed by atoms with van der Waals surface area (Å²) >= 11 is 0. The normalized spacial score (nSPS) is 12.0. The van der Waals surface area contributed by atoms with Gasteiger partial charge in [0.25, 0.3) is 5.91 Å². The molecule has 1 atom stereocenters. The fourth-order valence-corrected chi connectivity index (χ4v) is 2.44. The van der Waals surface area contributed by atoms with Gasteiger partial charge in [0.05, 0.1) is 11.4 Å². The molecule has 7 heteroatoms. The number of aryl methyl sites for hydroxylation is 1. The first-order valence-electron chi connectivity index (χ1n) is 7.97. The molecular weight excluding hydrogens is 308 g/mol. The summed E-state index contributed by atoms with van der Waals surface area (Å²) in [5, 5.41) is 19.7. The second kappa shape index (κ2) is 7.72. The summed E-state index contributed by atoms with van der Waals surface area (Å²) in [5.41, 5.74) is 2.58. The van der Waals surface area contributed by atoms with Crippen molar-refractivity contribution in [1.29, 1.82) is 0 Å². The lowest BCUT2D eigenvalue weighted by Crippen LogP contribution is -2.41. The molecular formula is C17H22N4O3. The number of nitrogens with one attached hydrogen (secondary N) is 1. The predicted octanol–water partition coefficient (Wildman–Crippen LogP) is 2.26. The van der Waals surface area contributed by atoms with Gasteiger partial charge < -0.3 is 10.4 Å². The summed E-state index contributed by atoms with van der Waals surface area (Å²) in [5.74, 6) is -1.56. The van der Waals surface area contributed by atoms with E-state index in [-0.39, 0.29) is 5.69 Å². The van der Waals surface area contributed by atoms with Crippen LogP contribution in [-0.2, 0) is 4.79 Å². The number of rotatable bonds is 7. The number of aromatic nitrogens is 3. The SMILES string of the molecule is CCCC[C@H](NC(=O)c1nnn(-c2cccc(C)c2)c1C)C(=O)O. The number of unbranched alkanes of at least 4 members (excludes halogenated alkanes) is 1. The lowest BCUT2D eigenvalue weighted by atomic mass is 10.1. The lowest BCUT2D eigenvalue weighted by molar-refractivity contribution is -0.139. The van der Waals surface area contributed by atoms with E-state index in [1.54, 1.807) is 11.6 Å². The first kappa shape index (κ1) is 17.7. The number of carboxylic acids is 1. The van der Waals surface area contributed by atoms with E-state index in [0.29, 0.717) is 12.1 Å². The minimum Gasteiger partial charge on any atom is -0.480 e. The maximum Gasteiger partial charge on any atom is 0.326 e. The molecule has 24 heavy (non-hydrogen) atoms. The quantitative estimate of drug-likeness (QED) is 0.811. The van der Waals surface area contributed by atoms with E-state index in [4.69, 9.17) is 0 Å².